The number of sulfone groups is 1. The molecule has 0 aromatic carbocycles. The van der Waals surface area contributed by atoms with Crippen molar-refractivity contribution in [3.05, 3.63) is 20.8 Å². The van der Waals surface area contributed by atoms with Gasteiger partial charge in [-0.05, 0) is 18.8 Å². The molecule has 27 heavy (non-hydrogen) atoms. The zero-order valence-electron chi connectivity index (χ0n) is 16.0. The molecule has 1 amide bonds. The van der Waals surface area contributed by atoms with Crippen molar-refractivity contribution in [3.63, 3.8) is 0 Å². The second kappa shape index (κ2) is 8.28. The number of carbonyl (C=O) groups excluding carboxylic acids is 1. The van der Waals surface area contributed by atoms with Gasteiger partial charge in [-0.2, -0.15) is 0 Å². The Morgan fingerprint density at radius 2 is 2.04 bits per heavy atom. The molecule has 2 rings (SSSR count). The number of rotatable bonds is 7. The summed E-state index contributed by atoms with van der Waals surface area (Å²) in [6.45, 7) is 6.25. The number of aromatic nitrogens is 2. The van der Waals surface area contributed by atoms with Gasteiger partial charge in [-0.3, -0.25) is 19.1 Å². The summed E-state index contributed by atoms with van der Waals surface area (Å²) in [5.41, 5.74) is 4.70. The lowest BCUT2D eigenvalue weighted by atomic mass is 10.1. The second-order valence-electron chi connectivity index (χ2n) is 7.44. The van der Waals surface area contributed by atoms with Crippen LogP contribution in [-0.4, -0.2) is 41.9 Å². The number of H-pyrrole nitrogens is 1. The van der Waals surface area contributed by atoms with Crippen molar-refractivity contribution >= 4 is 27.2 Å². The number of carbonyl (C=O) groups is 1. The standard InChI is InChI=1S/C17H28N4O5S/c1-4-5-7-20-14(18)13(15(22)19-17(20)24)21(9-11(2)3)16(23)12-6-8-27(25,26)10-12/h11-12H,4-10,18H2,1-3H3,(H,19,22,24). The fourth-order valence-corrected chi connectivity index (χ4v) is 4.98. The monoisotopic (exact) mass is 400 g/mol. The molecule has 1 aromatic rings. The molecule has 1 atom stereocenters. The maximum Gasteiger partial charge on any atom is 0.330 e. The number of hydrogen-bond acceptors (Lipinski definition) is 6. The Bertz CT molecular complexity index is 916. The Hall–Kier alpha value is -2.10. The Balaban J connectivity index is 2.52. The van der Waals surface area contributed by atoms with Crippen LogP contribution in [0.25, 0.3) is 0 Å². The van der Waals surface area contributed by atoms with Crippen LogP contribution < -0.4 is 21.9 Å². The lowest BCUT2D eigenvalue weighted by molar-refractivity contribution is -0.121. The fraction of sp³-hybridized carbons (Fsp3) is 0.706. The van der Waals surface area contributed by atoms with Gasteiger partial charge < -0.3 is 10.6 Å². The molecule has 0 bridgehead atoms. The van der Waals surface area contributed by atoms with Gasteiger partial charge in [0.1, 0.15) is 5.82 Å². The van der Waals surface area contributed by atoms with Crippen LogP contribution in [0.4, 0.5) is 11.5 Å². The van der Waals surface area contributed by atoms with Crippen LogP contribution in [0.2, 0.25) is 0 Å². The van der Waals surface area contributed by atoms with Gasteiger partial charge in [0, 0.05) is 13.1 Å². The molecule has 10 heteroatoms. The third-order valence-corrected chi connectivity index (χ3v) is 6.38. The predicted octanol–water partition coefficient (Wildman–Crippen LogP) is 0.343. The van der Waals surface area contributed by atoms with Crippen LogP contribution >= 0.6 is 0 Å². The highest BCUT2D eigenvalue weighted by molar-refractivity contribution is 7.91. The predicted molar refractivity (Wildman–Crippen MR) is 105 cm³/mol. The van der Waals surface area contributed by atoms with Gasteiger partial charge in [-0.25, -0.2) is 13.2 Å². The summed E-state index contributed by atoms with van der Waals surface area (Å²) in [6, 6.07) is 0. The van der Waals surface area contributed by atoms with Gasteiger partial charge in [-0.15, -0.1) is 0 Å². The first-order valence-electron chi connectivity index (χ1n) is 9.21. The minimum absolute atomic E-state index is 0.0155. The first-order chi connectivity index (χ1) is 12.6. The molecule has 1 aromatic heterocycles. The third kappa shape index (κ3) is 4.79. The molecule has 0 radical (unpaired) electrons. The quantitative estimate of drug-likeness (QED) is 0.678. The van der Waals surface area contributed by atoms with Gasteiger partial charge >= 0.3 is 5.69 Å². The fourth-order valence-electron chi connectivity index (χ4n) is 3.24. The van der Waals surface area contributed by atoms with E-state index in [-0.39, 0.29) is 41.9 Å². The van der Waals surface area contributed by atoms with Crippen molar-refractivity contribution in [1.82, 2.24) is 9.55 Å². The summed E-state index contributed by atoms with van der Waals surface area (Å²) in [5, 5.41) is 0. The number of hydrogen-bond donors (Lipinski definition) is 2. The lowest BCUT2D eigenvalue weighted by Crippen LogP contribution is -2.45. The zero-order valence-corrected chi connectivity index (χ0v) is 16.8. The maximum atomic E-state index is 13.0. The van der Waals surface area contributed by atoms with E-state index in [1.807, 2.05) is 20.8 Å². The molecule has 152 valence electrons. The molecule has 0 saturated carbocycles. The Kier molecular flexibility index (Phi) is 6.50. The molecule has 0 aliphatic carbocycles. The van der Waals surface area contributed by atoms with Crippen molar-refractivity contribution in [1.29, 1.82) is 0 Å². The van der Waals surface area contributed by atoms with Gasteiger partial charge in [-0.1, -0.05) is 27.2 Å². The topological polar surface area (TPSA) is 135 Å². The van der Waals surface area contributed by atoms with Gasteiger partial charge in [0.15, 0.2) is 15.5 Å². The van der Waals surface area contributed by atoms with Crippen LogP contribution in [0.1, 0.15) is 40.0 Å². The Labute approximate surface area is 158 Å². The number of amides is 1. The number of nitrogens with one attached hydrogen (secondary N) is 1. The van der Waals surface area contributed by atoms with Crippen LogP contribution in [0.3, 0.4) is 0 Å². The molecule has 9 nitrogen and oxygen atoms in total. The summed E-state index contributed by atoms with van der Waals surface area (Å²) < 4.78 is 24.8. The summed E-state index contributed by atoms with van der Waals surface area (Å²) in [7, 11) is -3.25. The van der Waals surface area contributed by atoms with Crippen molar-refractivity contribution in [2.75, 3.05) is 28.7 Å². The van der Waals surface area contributed by atoms with E-state index in [0.717, 1.165) is 6.42 Å². The van der Waals surface area contributed by atoms with Crippen molar-refractivity contribution in [2.24, 2.45) is 11.8 Å². The molecular weight excluding hydrogens is 372 g/mol. The number of nitrogen functional groups attached to an aromatic ring is 1. The Morgan fingerprint density at radius 1 is 1.37 bits per heavy atom. The SMILES string of the molecule is CCCCn1c(N)c(N(CC(C)C)C(=O)C2CCS(=O)(=O)C2)c(=O)[nH]c1=O. The largest absolute Gasteiger partial charge is 0.383 e. The van der Waals surface area contributed by atoms with E-state index in [0.29, 0.717) is 13.0 Å². The minimum atomic E-state index is -3.25. The average molecular weight is 401 g/mol. The highest BCUT2D eigenvalue weighted by Crippen LogP contribution is 2.26. The number of anilines is 2. The normalized spacial score (nSPS) is 18.7. The van der Waals surface area contributed by atoms with Crippen molar-refractivity contribution < 1.29 is 13.2 Å². The summed E-state index contributed by atoms with van der Waals surface area (Å²) in [5.74, 6) is -1.46. The van der Waals surface area contributed by atoms with E-state index < -0.39 is 32.9 Å². The molecule has 1 aliphatic rings. The smallest absolute Gasteiger partial charge is 0.330 e. The summed E-state index contributed by atoms with van der Waals surface area (Å²) in [6.07, 6.45) is 1.74. The van der Waals surface area contributed by atoms with E-state index in [2.05, 4.69) is 4.98 Å². The number of nitrogens with zero attached hydrogens (tertiary/aromatic N) is 2. The van der Waals surface area contributed by atoms with Gasteiger partial charge in [0.2, 0.25) is 5.91 Å². The maximum absolute atomic E-state index is 13.0. The molecule has 1 saturated heterocycles. The number of nitrogens with two attached hydrogens (primary N) is 1. The van der Waals surface area contributed by atoms with Crippen molar-refractivity contribution in [2.45, 2.75) is 46.6 Å². The Morgan fingerprint density at radius 3 is 2.56 bits per heavy atom. The molecule has 3 N–H and O–H groups in total. The zero-order chi connectivity index (χ0) is 20.4. The van der Waals surface area contributed by atoms with Crippen LogP contribution in [0.15, 0.2) is 9.59 Å². The number of aromatic amines is 1. The first-order valence-corrected chi connectivity index (χ1v) is 11.0. The summed E-state index contributed by atoms with van der Waals surface area (Å²) >= 11 is 0. The van der Waals surface area contributed by atoms with Crippen LogP contribution in [0, 0.1) is 11.8 Å². The highest BCUT2D eigenvalue weighted by atomic mass is 32.2. The molecule has 1 aliphatic heterocycles. The first kappa shape index (κ1) is 21.2. The van der Waals surface area contributed by atoms with E-state index >= 15 is 0 Å². The average Bonchev–Trinajstić information content (AvgIpc) is 2.92. The molecule has 1 fully saturated rings. The van der Waals surface area contributed by atoms with Gasteiger partial charge in [0.05, 0.1) is 17.4 Å². The van der Waals surface area contributed by atoms with E-state index in [1.165, 1.54) is 9.47 Å². The van der Waals surface area contributed by atoms with E-state index in [4.69, 9.17) is 5.73 Å². The summed E-state index contributed by atoms with van der Waals surface area (Å²) in [4.78, 5) is 41.2. The minimum Gasteiger partial charge on any atom is -0.383 e. The molecule has 1 unspecified atom stereocenters. The van der Waals surface area contributed by atoms with Gasteiger partial charge in [0.25, 0.3) is 5.56 Å². The van der Waals surface area contributed by atoms with E-state index in [9.17, 15) is 22.8 Å². The lowest BCUT2D eigenvalue weighted by Gasteiger charge is -2.28. The number of unbranched alkanes of at least 4 members (excludes halogenated alkanes) is 1. The van der Waals surface area contributed by atoms with Crippen LogP contribution in [0.5, 0.6) is 0 Å². The second-order valence-corrected chi connectivity index (χ2v) is 9.67. The van der Waals surface area contributed by atoms with Crippen LogP contribution in [-0.2, 0) is 21.2 Å². The van der Waals surface area contributed by atoms with E-state index in [1.54, 1.807) is 0 Å². The third-order valence-electron chi connectivity index (χ3n) is 4.61. The molecule has 0 spiro atoms. The molecule has 2 heterocycles. The molecular formula is C17H28N4O5S. The highest BCUT2D eigenvalue weighted by Gasteiger charge is 2.37. The van der Waals surface area contributed by atoms with Crippen molar-refractivity contribution in [3.8, 4) is 0 Å².